The highest BCUT2D eigenvalue weighted by Crippen LogP contribution is 2.30. The molecule has 0 radical (unpaired) electrons. The number of halogens is 3. The van der Waals surface area contributed by atoms with Crippen molar-refractivity contribution in [1.82, 2.24) is 10.0 Å². The molecule has 0 aliphatic rings. The lowest BCUT2D eigenvalue weighted by molar-refractivity contribution is -0.0327. The van der Waals surface area contributed by atoms with Gasteiger partial charge in [0.25, 0.3) is 0 Å². The van der Waals surface area contributed by atoms with E-state index in [1.165, 1.54) is 17.4 Å². The van der Waals surface area contributed by atoms with Crippen molar-refractivity contribution in [2.75, 3.05) is 19.3 Å². The predicted molar refractivity (Wildman–Crippen MR) is 75.5 cm³/mol. The summed E-state index contributed by atoms with van der Waals surface area (Å²) >= 11 is 1.10. The average Bonchev–Trinajstić information content (AvgIpc) is 2.66. The molecular formula is C10H15F3N2O2S3. The molecule has 20 heavy (non-hydrogen) atoms. The van der Waals surface area contributed by atoms with E-state index in [9.17, 15) is 21.6 Å². The minimum Gasteiger partial charge on any atom is -0.315 e. The molecular weight excluding hydrogens is 333 g/mol. The predicted octanol–water partition coefficient (Wildman–Crippen LogP) is 2.31. The molecule has 1 heterocycles. The lowest BCUT2D eigenvalue weighted by Gasteiger charge is -2.07. The maximum atomic E-state index is 12.0. The van der Waals surface area contributed by atoms with Crippen LogP contribution in [-0.2, 0) is 16.6 Å². The topological polar surface area (TPSA) is 58.2 Å². The Morgan fingerprint density at radius 2 is 2.05 bits per heavy atom. The summed E-state index contributed by atoms with van der Waals surface area (Å²) < 4.78 is 61.9. The molecule has 10 heteroatoms. The van der Waals surface area contributed by atoms with Gasteiger partial charge in [-0.3, -0.25) is 0 Å². The zero-order valence-electron chi connectivity index (χ0n) is 10.9. The van der Waals surface area contributed by atoms with Crippen LogP contribution in [0.3, 0.4) is 0 Å². The zero-order valence-corrected chi connectivity index (χ0v) is 13.3. The average molecular weight is 348 g/mol. The normalized spacial score (nSPS) is 12.8. The van der Waals surface area contributed by atoms with E-state index in [-0.39, 0.29) is 29.0 Å². The first kappa shape index (κ1) is 17.8. The standard InChI is InChI=1S/C10H15F3N2O2S3/c1-7-9(5-8(19-7)6-14-2)20(16,17)15-3-4-18-10(11,12)13/h5,14-15H,3-4,6H2,1-2H3. The van der Waals surface area contributed by atoms with Crippen LogP contribution in [0.5, 0.6) is 0 Å². The van der Waals surface area contributed by atoms with Crippen molar-refractivity contribution >= 4 is 33.1 Å². The second kappa shape index (κ2) is 7.12. The number of hydrogen-bond donors (Lipinski definition) is 2. The van der Waals surface area contributed by atoms with Crippen molar-refractivity contribution in [3.63, 3.8) is 0 Å². The molecule has 1 aromatic rings. The van der Waals surface area contributed by atoms with Gasteiger partial charge in [-0.15, -0.1) is 11.3 Å². The van der Waals surface area contributed by atoms with Crippen molar-refractivity contribution < 1.29 is 21.6 Å². The van der Waals surface area contributed by atoms with Gasteiger partial charge in [0.1, 0.15) is 0 Å². The van der Waals surface area contributed by atoms with Crippen molar-refractivity contribution in [2.45, 2.75) is 23.9 Å². The summed E-state index contributed by atoms with van der Waals surface area (Å²) in [6.45, 7) is 1.96. The van der Waals surface area contributed by atoms with Crippen LogP contribution in [0.2, 0.25) is 0 Å². The second-order valence-electron chi connectivity index (χ2n) is 3.86. The number of sulfonamides is 1. The first-order valence-electron chi connectivity index (χ1n) is 5.60. The Labute approximate surface area is 124 Å². The van der Waals surface area contributed by atoms with E-state index >= 15 is 0 Å². The van der Waals surface area contributed by atoms with Crippen LogP contribution in [0.4, 0.5) is 13.2 Å². The number of alkyl halides is 3. The SMILES string of the molecule is CNCc1cc(S(=O)(=O)NCCSC(F)(F)F)c(C)s1. The summed E-state index contributed by atoms with van der Waals surface area (Å²) in [7, 11) is -2.01. The van der Waals surface area contributed by atoms with Gasteiger partial charge in [0.05, 0.1) is 4.90 Å². The minimum absolute atomic E-state index is 0.129. The lowest BCUT2D eigenvalue weighted by atomic mass is 10.4. The summed E-state index contributed by atoms with van der Waals surface area (Å²) in [4.78, 5) is 1.60. The number of hydrogen-bond acceptors (Lipinski definition) is 5. The third kappa shape index (κ3) is 5.60. The molecule has 116 valence electrons. The van der Waals surface area contributed by atoms with Gasteiger partial charge < -0.3 is 5.32 Å². The highest BCUT2D eigenvalue weighted by atomic mass is 32.2. The molecule has 1 rings (SSSR count). The van der Waals surface area contributed by atoms with Gasteiger partial charge in [0, 0.05) is 28.6 Å². The van der Waals surface area contributed by atoms with Crippen LogP contribution < -0.4 is 10.0 Å². The molecule has 0 saturated heterocycles. The van der Waals surface area contributed by atoms with E-state index in [4.69, 9.17) is 0 Å². The fraction of sp³-hybridized carbons (Fsp3) is 0.600. The molecule has 2 N–H and O–H groups in total. The number of nitrogens with one attached hydrogen (secondary N) is 2. The Kier molecular flexibility index (Phi) is 6.32. The van der Waals surface area contributed by atoms with E-state index in [0.717, 1.165) is 4.88 Å². The van der Waals surface area contributed by atoms with E-state index < -0.39 is 15.5 Å². The highest BCUT2D eigenvalue weighted by Gasteiger charge is 2.28. The van der Waals surface area contributed by atoms with Gasteiger partial charge in [-0.2, -0.15) is 13.2 Å². The summed E-state index contributed by atoms with van der Waals surface area (Å²) in [5.41, 5.74) is -4.34. The summed E-state index contributed by atoms with van der Waals surface area (Å²) in [5.74, 6) is -0.352. The van der Waals surface area contributed by atoms with Crippen LogP contribution in [0.1, 0.15) is 9.75 Å². The Balaban J connectivity index is 2.64. The molecule has 0 spiro atoms. The van der Waals surface area contributed by atoms with Crippen molar-refractivity contribution in [3.8, 4) is 0 Å². The Morgan fingerprint density at radius 1 is 1.40 bits per heavy atom. The molecule has 4 nitrogen and oxygen atoms in total. The molecule has 0 bridgehead atoms. The monoisotopic (exact) mass is 348 g/mol. The zero-order chi connectivity index (χ0) is 15.4. The van der Waals surface area contributed by atoms with E-state index in [1.807, 2.05) is 0 Å². The highest BCUT2D eigenvalue weighted by molar-refractivity contribution is 8.00. The summed E-state index contributed by atoms with van der Waals surface area (Å²) in [6.07, 6.45) is 0. The number of rotatable bonds is 7. The van der Waals surface area contributed by atoms with Gasteiger partial charge in [-0.25, -0.2) is 13.1 Å². The molecule has 0 amide bonds. The molecule has 0 unspecified atom stereocenters. The van der Waals surface area contributed by atoms with Crippen molar-refractivity contribution in [2.24, 2.45) is 0 Å². The number of thioether (sulfide) groups is 1. The van der Waals surface area contributed by atoms with E-state index in [1.54, 1.807) is 14.0 Å². The Morgan fingerprint density at radius 3 is 2.60 bits per heavy atom. The maximum Gasteiger partial charge on any atom is 0.441 e. The van der Waals surface area contributed by atoms with Gasteiger partial charge >= 0.3 is 5.51 Å². The van der Waals surface area contributed by atoms with Crippen LogP contribution >= 0.6 is 23.1 Å². The Hall–Kier alpha value is -0.290. The second-order valence-corrected chi connectivity index (χ2v) is 8.09. The quantitative estimate of drug-likeness (QED) is 0.743. The van der Waals surface area contributed by atoms with Crippen molar-refractivity contribution in [1.29, 1.82) is 0 Å². The first-order valence-corrected chi connectivity index (χ1v) is 8.88. The molecule has 0 saturated carbocycles. The van der Waals surface area contributed by atoms with Gasteiger partial charge in [0.15, 0.2) is 0 Å². The molecule has 0 fully saturated rings. The minimum atomic E-state index is -4.34. The third-order valence-electron chi connectivity index (χ3n) is 2.22. The molecule has 0 aliphatic heterocycles. The first-order chi connectivity index (χ1) is 9.15. The molecule has 0 aliphatic carbocycles. The summed E-state index contributed by atoms with van der Waals surface area (Å²) in [5, 5.41) is 2.91. The van der Waals surface area contributed by atoms with E-state index in [2.05, 4.69) is 10.0 Å². The van der Waals surface area contributed by atoms with Crippen LogP contribution in [0.25, 0.3) is 0 Å². The fourth-order valence-corrected chi connectivity index (χ4v) is 4.71. The van der Waals surface area contributed by atoms with Crippen LogP contribution in [0.15, 0.2) is 11.0 Å². The van der Waals surface area contributed by atoms with Gasteiger partial charge in [0.2, 0.25) is 10.0 Å². The lowest BCUT2D eigenvalue weighted by Crippen LogP contribution is -2.27. The van der Waals surface area contributed by atoms with Gasteiger partial charge in [-0.1, -0.05) is 0 Å². The van der Waals surface area contributed by atoms with Crippen LogP contribution in [0, 0.1) is 6.92 Å². The molecule has 0 aromatic carbocycles. The van der Waals surface area contributed by atoms with Crippen LogP contribution in [-0.4, -0.2) is 33.3 Å². The summed E-state index contributed by atoms with van der Waals surface area (Å²) in [6, 6.07) is 1.54. The number of aryl methyl sites for hydroxylation is 1. The molecule has 0 atom stereocenters. The fourth-order valence-electron chi connectivity index (χ4n) is 1.47. The largest absolute Gasteiger partial charge is 0.441 e. The third-order valence-corrected chi connectivity index (χ3v) is 5.73. The smallest absolute Gasteiger partial charge is 0.315 e. The maximum absolute atomic E-state index is 12.0. The van der Waals surface area contributed by atoms with E-state index in [0.29, 0.717) is 11.4 Å². The van der Waals surface area contributed by atoms with Gasteiger partial charge in [-0.05, 0) is 31.8 Å². The number of thiophene rings is 1. The van der Waals surface area contributed by atoms with Crippen molar-refractivity contribution in [3.05, 3.63) is 15.8 Å². The molecule has 1 aromatic heterocycles. The Bertz CT molecular complexity index is 540.